The number of hydrogen-bond acceptors (Lipinski definition) is 4. The lowest BCUT2D eigenvalue weighted by Gasteiger charge is -2.01. The molecule has 1 rings (SSSR count). The number of rotatable bonds is 4. The Bertz CT molecular complexity index is 406. The molecule has 1 aromatic rings. The Balaban J connectivity index is 2.93. The van der Waals surface area contributed by atoms with Crippen LogP contribution in [-0.4, -0.2) is 30.0 Å². The summed E-state index contributed by atoms with van der Waals surface area (Å²) in [5, 5.41) is -0.109. The summed E-state index contributed by atoms with van der Waals surface area (Å²) in [6, 6.07) is 1.65. The summed E-state index contributed by atoms with van der Waals surface area (Å²) in [4.78, 5) is 7.58. The Kier molecular flexibility index (Phi) is 3.83. The molecule has 0 spiro atoms. The van der Waals surface area contributed by atoms with Gasteiger partial charge in [0.1, 0.15) is 0 Å². The maximum Gasteiger partial charge on any atom is 0.247 e. The summed E-state index contributed by atoms with van der Waals surface area (Å²) in [5.74, 6) is 0.324. The van der Waals surface area contributed by atoms with Crippen molar-refractivity contribution in [2.45, 2.75) is 18.5 Å². The summed E-state index contributed by atoms with van der Waals surface area (Å²) < 4.78 is 23.1. The van der Waals surface area contributed by atoms with Crippen molar-refractivity contribution in [3.63, 3.8) is 0 Å². The van der Waals surface area contributed by atoms with Crippen LogP contribution in [0, 0.1) is 6.92 Å². The number of sulfone groups is 1. The SMILES string of the molecule is Cc1ccnc(S(=O)(=O)CCCCl)n1. The summed E-state index contributed by atoms with van der Waals surface area (Å²) >= 11 is 5.42. The van der Waals surface area contributed by atoms with E-state index >= 15 is 0 Å². The van der Waals surface area contributed by atoms with E-state index in [4.69, 9.17) is 11.6 Å². The van der Waals surface area contributed by atoms with Crippen molar-refractivity contribution < 1.29 is 8.42 Å². The molecule has 0 saturated carbocycles. The molecule has 0 aromatic carbocycles. The Hall–Kier alpha value is -0.680. The van der Waals surface area contributed by atoms with Gasteiger partial charge in [-0.25, -0.2) is 18.4 Å². The third kappa shape index (κ3) is 2.92. The van der Waals surface area contributed by atoms with Gasteiger partial charge in [-0.15, -0.1) is 11.6 Å². The van der Waals surface area contributed by atoms with E-state index in [1.54, 1.807) is 13.0 Å². The normalized spacial score (nSPS) is 11.6. The van der Waals surface area contributed by atoms with Crippen LogP contribution in [0.1, 0.15) is 12.1 Å². The van der Waals surface area contributed by atoms with Gasteiger partial charge in [-0.1, -0.05) is 0 Å². The molecule has 0 N–H and O–H groups in total. The van der Waals surface area contributed by atoms with E-state index < -0.39 is 9.84 Å². The van der Waals surface area contributed by atoms with E-state index in [1.165, 1.54) is 6.20 Å². The second-order valence-electron chi connectivity index (χ2n) is 2.84. The average molecular weight is 235 g/mol. The van der Waals surface area contributed by atoms with Crippen molar-refractivity contribution in [2.75, 3.05) is 11.6 Å². The molecule has 0 fully saturated rings. The van der Waals surface area contributed by atoms with Gasteiger partial charge in [0.15, 0.2) is 0 Å². The second kappa shape index (κ2) is 4.70. The zero-order chi connectivity index (χ0) is 10.6. The molecule has 0 bridgehead atoms. The van der Waals surface area contributed by atoms with E-state index in [0.29, 0.717) is 18.0 Å². The van der Waals surface area contributed by atoms with Crippen molar-refractivity contribution in [1.82, 2.24) is 9.97 Å². The topological polar surface area (TPSA) is 59.9 Å². The van der Waals surface area contributed by atoms with Gasteiger partial charge < -0.3 is 0 Å². The zero-order valence-electron chi connectivity index (χ0n) is 7.77. The van der Waals surface area contributed by atoms with Crippen LogP contribution in [-0.2, 0) is 9.84 Å². The largest absolute Gasteiger partial charge is 0.247 e. The quantitative estimate of drug-likeness (QED) is 0.580. The summed E-state index contributed by atoms with van der Waals surface area (Å²) in [5.41, 5.74) is 0.643. The van der Waals surface area contributed by atoms with Gasteiger partial charge in [0.25, 0.3) is 0 Å². The minimum absolute atomic E-state index is 0.0000463. The third-order valence-corrected chi connectivity index (χ3v) is 3.44. The highest BCUT2D eigenvalue weighted by atomic mass is 35.5. The first-order valence-corrected chi connectivity index (χ1v) is 6.33. The maximum atomic E-state index is 11.6. The molecule has 0 aliphatic heterocycles. The van der Waals surface area contributed by atoms with Gasteiger partial charge in [0.05, 0.1) is 5.75 Å². The van der Waals surface area contributed by atoms with Gasteiger partial charge in [0.2, 0.25) is 15.0 Å². The lowest BCUT2D eigenvalue weighted by atomic mass is 10.5. The average Bonchev–Trinajstić information content (AvgIpc) is 2.15. The van der Waals surface area contributed by atoms with Crippen molar-refractivity contribution in [2.24, 2.45) is 0 Å². The Morgan fingerprint density at radius 3 is 2.79 bits per heavy atom. The molecule has 1 aromatic heterocycles. The van der Waals surface area contributed by atoms with E-state index in [1.807, 2.05) is 0 Å². The molecule has 78 valence electrons. The Morgan fingerprint density at radius 1 is 1.50 bits per heavy atom. The van der Waals surface area contributed by atoms with Gasteiger partial charge in [-0.05, 0) is 19.4 Å². The molecule has 0 saturated heterocycles. The molecule has 0 radical (unpaired) electrons. The number of alkyl halides is 1. The molecule has 0 aliphatic rings. The zero-order valence-corrected chi connectivity index (χ0v) is 9.35. The number of aryl methyl sites for hydroxylation is 1. The highest BCUT2D eigenvalue weighted by molar-refractivity contribution is 7.91. The molecule has 0 aliphatic carbocycles. The van der Waals surface area contributed by atoms with Crippen molar-refractivity contribution in [3.05, 3.63) is 18.0 Å². The third-order valence-electron chi connectivity index (χ3n) is 1.60. The number of halogens is 1. The predicted molar refractivity (Wildman–Crippen MR) is 54.2 cm³/mol. The number of hydrogen-bond donors (Lipinski definition) is 0. The summed E-state index contributed by atoms with van der Waals surface area (Å²) in [7, 11) is -3.35. The van der Waals surface area contributed by atoms with Crippen LogP contribution in [0.4, 0.5) is 0 Å². The molecule has 0 atom stereocenters. The van der Waals surface area contributed by atoms with Crippen molar-refractivity contribution >= 4 is 21.4 Å². The lowest BCUT2D eigenvalue weighted by Crippen LogP contribution is -2.11. The number of aromatic nitrogens is 2. The fourth-order valence-electron chi connectivity index (χ4n) is 0.912. The fraction of sp³-hybridized carbons (Fsp3) is 0.500. The summed E-state index contributed by atoms with van der Waals surface area (Å²) in [6.45, 7) is 1.72. The monoisotopic (exact) mass is 234 g/mol. The Morgan fingerprint density at radius 2 is 2.21 bits per heavy atom. The van der Waals surface area contributed by atoms with Gasteiger partial charge in [0, 0.05) is 17.8 Å². The first-order valence-electron chi connectivity index (χ1n) is 4.14. The molecular formula is C8H11ClN2O2S. The summed E-state index contributed by atoms with van der Waals surface area (Å²) in [6.07, 6.45) is 1.86. The Labute approximate surface area is 88.3 Å². The van der Waals surface area contributed by atoms with Crippen molar-refractivity contribution in [1.29, 1.82) is 0 Å². The van der Waals surface area contributed by atoms with E-state index in [2.05, 4.69) is 9.97 Å². The van der Waals surface area contributed by atoms with Gasteiger partial charge >= 0.3 is 0 Å². The molecule has 4 nitrogen and oxygen atoms in total. The van der Waals surface area contributed by atoms with Crippen LogP contribution in [0.15, 0.2) is 17.4 Å². The smallest absolute Gasteiger partial charge is 0.227 e. The highest BCUT2D eigenvalue weighted by Gasteiger charge is 2.16. The number of nitrogens with zero attached hydrogens (tertiary/aromatic N) is 2. The van der Waals surface area contributed by atoms with E-state index in [9.17, 15) is 8.42 Å². The van der Waals surface area contributed by atoms with E-state index in [0.717, 1.165) is 0 Å². The lowest BCUT2D eigenvalue weighted by molar-refractivity contribution is 0.585. The van der Waals surface area contributed by atoms with E-state index in [-0.39, 0.29) is 10.9 Å². The fourth-order valence-corrected chi connectivity index (χ4v) is 2.42. The van der Waals surface area contributed by atoms with Crippen LogP contribution in [0.25, 0.3) is 0 Å². The van der Waals surface area contributed by atoms with Crippen LogP contribution in [0.3, 0.4) is 0 Å². The van der Waals surface area contributed by atoms with Gasteiger partial charge in [-0.2, -0.15) is 0 Å². The van der Waals surface area contributed by atoms with Crippen LogP contribution < -0.4 is 0 Å². The first-order chi connectivity index (χ1) is 6.56. The predicted octanol–water partition coefficient (Wildman–Crippen LogP) is 1.19. The second-order valence-corrected chi connectivity index (χ2v) is 5.22. The van der Waals surface area contributed by atoms with Crippen LogP contribution in [0.5, 0.6) is 0 Å². The first kappa shape index (κ1) is 11.4. The molecule has 14 heavy (non-hydrogen) atoms. The maximum absolute atomic E-state index is 11.6. The van der Waals surface area contributed by atoms with Crippen LogP contribution in [0.2, 0.25) is 0 Å². The molecule has 0 amide bonds. The van der Waals surface area contributed by atoms with Crippen LogP contribution >= 0.6 is 11.6 Å². The van der Waals surface area contributed by atoms with Crippen molar-refractivity contribution in [3.8, 4) is 0 Å². The molecule has 6 heteroatoms. The molecular weight excluding hydrogens is 224 g/mol. The molecule has 0 unspecified atom stereocenters. The highest BCUT2D eigenvalue weighted by Crippen LogP contribution is 2.06. The minimum Gasteiger partial charge on any atom is -0.227 e. The van der Waals surface area contributed by atoms with Gasteiger partial charge in [-0.3, -0.25) is 0 Å². The standard InChI is InChI=1S/C8H11ClN2O2S/c1-7-3-5-10-8(11-7)14(12,13)6-2-4-9/h3,5H,2,4,6H2,1H3. The molecule has 1 heterocycles. The minimum atomic E-state index is -3.35.